The molecule has 0 aliphatic carbocycles. The third-order valence-corrected chi connectivity index (χ3v) is 2.23. The number of carboxylic acids is 1. The summed E-state index contributed by atoms with van der Waals surface area (Å²) >= 11 is 3.31. The molecule has 0 atom stereocenters. The minimum Gasteiger partial charge on any atom is -0.489 e. The standard InChI is InChI=1S/C12H11BrO3/c1-2-7-16-11-5-4-10(13)8-9(11)3-6-12(14)15/h2-6,8H,1,7H2,(H,14,15). The summed E-state index contributed by atoms with van der Waals surface area (Å²) in [6.45, 7) is 3.94. The van der Waals surface area contributed by atoms with Crippen LogP contribution in [-0.2, 0) is 4.79 Å². The maximum absolute atomic E-state index is 10.4. The van der Waals surface area contributed by atoms with E-state index in [-0.39, 0.29) is 0 Å². The van der Waals surface area contributed by atoms with Crippen LogP contribution < -0.4 is 4.74 Å². The zero-order valence-corrected chi connectivity index (χ0v) is 10.1. The first kappa shape index (κ1) is 12.5. The van der Waals surface area contributed by atoms with Gasteiger partial charge in [-0.25, -0.2) is 4.79 Å². The third-order valence-electron chi connectivity index (χ3n) is 1.73. The third kappa shape index (κ3) is 3.90. The second kappa shape index (κ2) is 6.12. The molecule has 0 saturated heterocycles. The Morgan fingerprint density at radius 2 is 2.31 bits per heavy atom. The minimum atomic E-state index is -0.991. The molecule has 0 bridgehead atoms. The first-order chi connectivity index (χ1) is 7.63. The molecule has 0 aliphatic rings. The molecule has 1 aromatic carbocycles. The number of ether oxygens (including phenoxy) is 1. The Labute approximate surface area is 102 Å². The SMILES string of the molecule is C=CCOc1ccc(Br)cc1C=CC(=O)O. The van der Waals surface area contributed by atoms with E-state index in [1.165, 1.54) is 6.08 Å². The Balaban J connectivity index is 2.97. The fourth-order valence-corrected chi connectivity index (χ4v) is 1.47. The van der Waals surface area contributed by atoms with Crippen LogP contribution >= 0.6 is 15.9 Å². The second-order valence-corrected chi connectivity index (χ2v) is 3.87. The predicted octanol–water partition coefficient (Wildman–Crippen LogP) is 3.11. The van der Waals surface area contributed by atoms with Crippen LogP contribution in [0.5, 0.6) is 5.75 Å². The first-order valence-corrected chi connectivity index (χ1v) is 5.37. The molecule has 0 radical (unpaired) electrons. The molecule has 16 heavy (non-hydrogen) atoms. The van der Waals surface area contributed by atoms with Gasteiger partial charge in [0.1, 0.15) is 12.4 Å². The van der Waals surface area contributed by atoms with Crippen LogP contribution in [0.25, 0.3) is 6.08 Å². The number of hydrogen-bond acceptors (Lipinski definition) is 2. The van der Waals surface area contributed by atoms with Crippen LogP contribution in [0.3, 0.4) is 0 Å². The lowest BCUT2D eigenvalue weighted by atomic mass is 10.2. The van der Waals surface area contributed by atoms with Crippen molar-refractivity contribution in [3.8, 4) is 5.75 Å². The largest absolute Gasteiger partial charge is 0.489 e. The van der Waals surface area contributed by atoms with Gasteiger partial charge < -0.3 is 9.84 Å². The summed E-state index contributed by atoms with van der Waals surface area (Å²) in [5, 5.41) is 8.56. The Hall–Kier alpha value is -1.55. The first-order valence-electron chi connectivity index (χ1n) is 4.57. The molecular weight excluding hydrogens is 272 g/mol. The Morgan fingerprint density at radius 1 is 1.56 bits per heavy atom. The average molecular weight is 283 g/mol. The Morgan fingerprint density at radius 3 is 2.94 bits per heavy atom. The fraction of sp³-hybridized carbons (Fsp3) is 0.0833. The number of benzene rings is 1. The molecule has 1 N–H and O–H groups in total. The van der Waals surface area contributed by atoms with E-state index in [4.69, 9.17) is 9.84 Å². The molecule has 0 aromatic heterocycles. The molecular formula is C12H11BrO3. The van der Waals surface area contributed by atoms with Gasteiger partial charge in [0.2, 0.25) is 0 Å². The second-order valence-electron chi connectivity index (χ2n) is 2.95. The van der Waals surface area contributed by atoms with Crippen molar-refractivity contribution < 1.29 is 14.6 Å². The monoisotopic (exact) mass is 282 g/mol. The van der Waals surface area contributed by atoms with Crippen molar-refractivity contribution in [2.24, 2.45) is 0 Å². The van der Waals surface area contributed by atoms with E-state index in [1.54, 1.807) is 18.2 Å². The number of carboxylic acid groups (broad SMARTS) is 1. The smallest absolute Gasteiger partial charge is 0.328 e. The molecule has 0 heterocycles. The predicted molar refractivity (Wildman–Crippen MR) is 66.5 cm³/mol. The zero-order valence-electron chi connectivity index (χ0n) is 8.52. The van der Waals surface area contributed by atoms with Crippen LogP contribution in [0.15, 0.2) is 41.4 Å². The topological polar surface area (TPSA) is 46.5 Å². The highest BCUT2D eigenvalue weighted by Gasteiger charge is 2.01. The number of rotatable bonds is 5. The number of hydrogen-bond donors (Lipinski definition) is 1. The van der Waals surface area contributed by atoms with Gasteiger partial charge >= 0.3 is 5.97 Å². The minimum absolute atomic E-state index is 0.384. The number of halogens is 1. The van der Waals surface area contributed by atoms with Gasteiger partial charge in [0.25, 0.3) is 0 Å². The van der Waals surface area contributed by atoms with Gasteiger partial charge in [-0.3, -0.25) is 0 Å². The summed E-state index contributed by atoms with van der Waals surface area (Å²) in [4.78, 5) is 10.4. The summed E-state index contributed by atoms with van der Waals surface area (Å²) in [7, 11) is 0. The maximum atomic E-state index is 10.4. The lowest BCUT2D eigenvalue weighted by molar-refractivity contribution is -0.131. The summed E-state index contributed by atoms with van der Waals surface area (Å²) < 4.78 is 6.25. The van der Waals surface area contributed by atoms with Gasteiger partial charge in [0, 0.05) is 16.1 Å². The highest BCUT2D eigenvalue weighted by atomic mass is 79.9. The lowest BCUT2D eigenvalue weighted by Crippen LogP contribution is -1.95. The molecule has 0 saturated carbocycles. The molecule has 0 fully saturated rings. The molecule has 3 nitrogen and oxygen atoms in total. The maximum Gasteiger partial charge on any atom is 0.328 e. The Bertz CT molecular complexity index is 424. The molecule has 0 amide bonds. The molecule has 84 valence electrons. The normalized spacial score (nSPS) is 10.3. The van der Waals surface area contributed by atoms with Crippen molar-refractivity contribution in [2.45, 2.75) is 0 Å². The summed E-state index contributed by atoms with van der Waals surface area (Å²) in [5.41, 5.74) is 0.707. The number of carbonyl (C=O) groups is 1. The van der Waals surface area contributed by atoms with Gasteiger partial charge in [-0.05, 0) is 24.3 Å². The lowest BCUT2D eigenvalue weighted by Gasteiger charge is -2.07. The highest BCUT2D eigenvalue weighted by molar-refractivity contribution is 9.10. The van der Waals surface area contributed by atoms with Crippen molar-refractivity contribution in [2.75, 3.05) is 6.61 Å². The van der Waals surface area contributed by atoms with E-state index in [2.05, 4.69) is 22.5 Å². The summed E-state index contributed by atoms with van der Waals surface area (Å²) in [5.74, 6) is -0.366. The van der Waals surface area contributed by atoms with Gasteiger partial charge in [-0.1, -0.05) is 28.6 Å². The molecule has 0 unspecified atom stereocenters. The van der Waals surface area contributed by atoms with Crippen LogP contribution in [0, 0.1) is 0 Å². The van der Waals surface area contributed by atoms with Crippen molar-refractivity contribution >= 4 is 28.0 Å². The molecule has 0 spiro atoms. The van der Waals surface area contributed by atoms with E-state index in [0.717, 1.165) is 10.5 Å². The van der Waals surface area contributed by atoms with Gasteiger partial charge in [0.15, 0.2) is 0 Å². The van der Waals surface area contributed by atoms with Gasteiger partial charge in [0.05, 0.1) is 0 Å². The van der Waals surface area contributed by atoms with E-state index in [9.17, 15) is 4.79 Å². The summed E-state index contributed by atoms with van der Waals surface area (Å²) in [6, 6.07) is 5.39. The quantitative estimate of drug-likeness (QED) is 0.667. The van der Waals surface area contributed by atoms with Crippen molar-refractivity contribution in [3.05, 3.63) is 47.0 Å². The average Bonchev–Trinajstić information content (AvgIpc) is 2.25. The highest BCUT2D eigenvalue weighted by Crippen LogP contribution is 2.24. The van der Waals surface area contributed by atoms with E-state index in [0.29, 0.717) is 17.9 Å². The fourth-order valence-electron chi connectivity index (χ4n) is 1.09. The number of aliphatic carboxylic acids is 1. The molecule has 1 aromatic rings. The van der Waals surface area contributed by atoms with Crippen LogP contribution in [0.1, 0.15) is 5.56 Å². The zero-order chi connectivity index (χ0) is 12.0. The van der Waals surface area contributed by atoms with Crippen LogP contribution in [0.4, 0.5) is 0 Å². The molecule has 0 aliphatic heterocycles. The molecule has 4 heteroatoms. The summed E-state index contributed by atoms with van der Waals surface area (Å²) in [6.07, 6.45) is 4.20. The van der Waals surface area contributed by atoms with Crippen LogP contribution in [0.2, 0.25) is 0 Å². The van der Waals surface area contributed by atoms with Gasteiger partial charge in [-0.2, -0.15) is 0 Å². The van der Waals surface area contributed by atoms with E-state index < -0.39 is 5.97 Å². The van der Waals surface area contributed by atoms with Gasteiger partial charge in [-0.15, -0.1) is 0 Å². The van der Waals surface area contributed by atoms with E-state index in [1.807, 2.05) is 6.07 Å². The van der Waals surface area contributed by atoms with E-state index >= 15 is 0 Å². The van der Waals surface area contributed by atoms with Crippen molar-refractivity contribution in [1.29, 1.82) is 0 Å². The Kier molecular flexibility index (Phi) is 4.79. The van der Waals surface area contributed by atoms with Crippen molar-refractivity contribution in [1.82, 2.24) is 0 Å². The van der Waals surface area contributed by atoms with Crippen molar-refractivity contribution in [3.63, 3.8) is 0 Å². The van der Waals surface area contributed by atoms with Crippen LogP contribution in [-0.4, -0.2) is 17.7 Å². The molecule has 1 rings (SSSR count).